The van der Waals surface area contributed by atoms with Gasteiger partial charge in [-0.2, -0.15) is 5.10 Å². The number of anilines is 1. The minimum atomic E-state index is -0.436. The number of ether oxygens (including phenoxy) is 1. The zero-order chi connectivity index (χ0) is 22.7. The Morgan fingerprint density at radius 2 is 1.78 bits per heavy atom. The quantitative estimate of drug-likeness (QED) is 0.375. The van der Waals surface area contributed by atoms with Gasteiger partial charge in [0.25, 0.3) is 5.91 Å². The first-order valence-electron chi connectivity index (χ1n) is 9.84. The van der Waals surface area contributed by atoms with Gasteiger partial charge >= 0.3 is 0 Å². The number of aryl methyl sites for hydroxylation is 2. The highest BCUT2D eigenvalue weighted by Crippen LogP contribution is 2.26. The summed E-state index contributed by atoms with van der Waals surface area (Å²) < 4.78 is 12.7. The van der Waals surface area contributed by atoms with Gasteiger partial charge in [0.1, 0.15) is 18.1 Å². The van der Waals surface area contributed by atoms with E-state index in [4.69, 9.17) is 32.5 Å². The fourth-order valence-electron chi connectivity index (χ4n) is 3.15. The molecule has 164 valence electrons. The topological polar surface area (TPSA) is 82.2 Å². The van der Waals surface area contributed by atoms with Crippen LogP contribution in [0.2, 0.25) is 10.0 Å². The zero-order valence-corrected chi connectivity index (χ0v) is 18.9. The molecule has 0 fully saturated rings. The lowest BCUT2D eigenvalue weighted by atomic mass is 10.2. The van der Waals surface area contributed by atoms with Gasteiger partial charge < -0.3 is 14.6 Å². The van der Waals surface area contributed by atoms with Crippen molar-refractivity contribution in [1.82, 2.24) is 14.9 Å². The predicted octanol–water partition coefficient (Wildman–Crippen LogP) is 5.67. The Labute approximate surface area is 194 Å². The number of carbonyl (C=O) groups is 1. The highest BCUT2D eigenvalue weighted by molar-refractivity contribution is 6.35. The molecule has 1 N–H and O–H groups in total. The van der Waals surface area contributed by atoms with Crippen LogP contribution in [0.4, 0.5) is 5.82 Å². The van der Waals surface area contributed by atoms with Crippen LogP contribution in [0.3, 0.4) is 0 Å². The third-order valence-corrected chi connectivity index (χ3v) is 5.63. The van der Waals surface area contributed by atoms with Crippen LogP contribution in [0.1, 0.15) is 33.1 Å². The molecule has 0 bridgehead atoms. The Kier molecular flexibility index (Phi) is 6.48. The molecule has 2 heterocycles. The van der Waals surface area contributed by atoms with Crippen molar-refractivity contribution < 1.29 is 14.1 Å². The molecule has 0 radical (unpaired) electrons. The number of hydrogen-bond acceptors (Lipinski definition) is 5. The molecule has 9 heteroatoms. The molecule has 0 spiro atoms. The number of aromatic nitrogens is 3. The Balaban J connectivity index is 1.49. The molecule has 0 aliphatic carbocycles. The second kappa shape index (κ2) is 9.46. The molecule has 4 rings (SSSR count). The van der Waals surface area contributed by atoms with Crippen LogP contribution in [0.5, 0.6) is 5.75 Å². The van der Waals surface area contributed by atoms with E-state index in [1.54, 1.807) is 35.9 Å². The van der Waals surface area contributed by atoms with Gasteiger partial charge in [-0.25, -0.2) is 0 Å². The molecule has 1 amide bonds. The molecular weight excluding hydrogens is 451 g/mol. The Morgan fingerprint density at radius 1 is 1.06 bits per heavy atom. The standard InChI is InChI=1S/C23H20Cl2N4O3/c1-14-11-21(27-29(14)12-17-19(24)9-6-10-20(17)25)26-23(30)22-18(15(2)32-28-22)13-31-16-7-4-3-5-8-16/h3-11H,12-13H2,1-2H3,(H,26,27,30). The van der Waals surface area contributed by atoms with Crippen molar-refractivity contribution in [3.8, 4) is 5.75 Å². The van der Waals surface area contributed by atoms with E-state index in [-0.39, 0.29) is 12.3 Å². The summed E-state index contributed by atoms with van der Waals surface area (Å²) in [5, 5.41) is 12.2. The van der Waals surface area contributed by atoms with E-state index in [1.807, 2.05) is 37.3 Å². The largest absolute Gasteiger partial charge is 0.489 e. The van der Waals surface area contributed by atoms with Crippen molar-refractivity contribution in [2.45, 2.75) is 27.0 Å². The van der Waals surface area contributed by atoms with E-state index in [0.717, 1.165) is 11.3 Å². The van der Waals surface area contributed by atoms with Gasteiger partial charge in [-0.05, 0) is 38.1 Å². The minimum absolute atomic E-state index is 0.153. The van der Waals surface area contributed by atoms with Gasteiger partial charge in [-0.1, -0.05) is 52.6 Å². The zero-order valence-electron chi connectivity index (χ0n) is 17.4. The van der Waals surface area contributed by atoms with Gasteiger partial charge in [0.2, 0.25) is 0 Å². The highest BCUT2D eigenvalue weighted by Gasteiger charge is 2.22. The molecule has 0 saturated carbocycles. The van der Waals surface area contributed by atoms with Crippen molar-refractivity contribution in [1.29, 1.82) is 0 Å². The Bertz CT molecular complexity index is 1230. The number of benzene rings is 2. The van der Waals surface area contributed by atoms with E-state index in [2.05, 4.69) is 15.6 Å². The number of amides is 1. The SMILES string of the molecule is Cc1onc(C(=O)Nc2cc(C)n(Cc3c(Cl)cccc3Cl)n2)c1COc1ccccc1. The molecule has 0 saturated heterocycles. The third kappa shape index (κ3) is 4.79. The number of rotatable bonds is 7. The number of para-hydroxylation sites is 1. The Hall–Kier alpha value is -3.29. The lowest BCUT2D eigenvalue weighted by Crippen LogP contribution is -2.16. The molecule has 0 aliphatic heterocycles. The summed E-state index contributed by atoms with van der Waals surface area (Å²) in [6.07, 6.45) is 0. The lowest BCUT2D eigenvalue weighted by Gasteiger charge is -2.08. The van der Waals surface area contributed by atoms with Crippen molar-refractivity contribution in [3.63, 3.8) is 0 Å². The summed E-state index contributed by atoms with van der Waals surface area (Å²) >= 11 is 12.5. The first kappa shape index (κ1) is 21.9. The maximum atomic E-state index is 12.9. The third-order valence-electron chi connectivity index (χ3n) is 4.92. The normalized spacial score (nSPS) is 10.9. The van der Waals surface area contributed by atoms with E-state index in [9.17, 15) is 4.79 Å². The van der Waals surface area contributed by atoms with Crippen LogP contribution in [0, 0.1) is 13.8 Å². The summed E-state index contributed by atoms with van der Waals surface area (Å²) in [7, 11) is 0. The van der Waals surface area contributed by atoms with E-state index in [1.165, 1.54) is 0 Å². The maximum absolute atomic E-state index is 12.9. The molecule has 0 atom stereocenters. The van der Waals surface area contributed by atoms with Crippen LogP contribution >= 0.6 is 23.2 Å². The molecular formula is C23H20Cl2N4O3. The lowest BCUT2D eigenvalue weighted by molar-refractivity contribution is 0.101. The summed E-state index contributed by atoms with van der Waals surface area (Å²) in [5.41, 5.74) is 2.32. The number of nitrogens with zero attached hydrogens (tertiary/aromatic N) is 3. The maximum Gasteiger partial charge on any atom is 0.279 e. The molecule has 4 aromatic rings. The van der Waals surface area contributed by atoms with Gasteiger partial charge in [-0.15, -0.1) is 0 Å². The Morgan fingerprint density at radius 3 is 2.50 bits per heavy atom. The summed E-state index contributed by atoms with van der Waals surface area (Å²) in [5.74, 6) is 1.15. The molecule has 0 unspecified atom stereocenters. The van der Waals surface area contributed by atoms with Crippen LogP contribution in [0.25, 0.3) is 0 Å². The van der Waals surface area contributed by atoms with Crippen LogP contribution < -0.4 is 10.1 Å². The second-order valence-corrected chi connectivity index (χ2v) is 7.96. The van der Waals surface area contributed by atoms with Gasteiger partial charge in [0.05, 0.1) is 12.1 Å². The fourth-order valence-corrected chi connectivity index (χ4v) is 3.67. The highest BCUT2D eigenvalue weighted by atomic mass is 35.5. The van der Waals surface area contributed by atoms with Crippen molar-refractivity contribution in [2.24, 2.45) is 0 Å². The molecule has 7 nitrogen and oxygen atoms in total. The summed E-state index contributed by atoms with van der Waals surface area (Å²) in [6.45, 7) is 4.15. The van der Waals surface area contributed by atoms with E-state index in [0.29, 0.717) is 39.5 Å². The molecule has 2 aromatic heterocycles. The van der Waals surface area contributed by atoms with Crippen LogP contribution in [-0.4, -0.2) is 20.8 Å². The number of halogens is 2. The van der Waals surface area contributed by atoms with Crippen LogP contribution in [-0.2, 0) is 13.2 Å². The predicted molar refractivity (Wildman–Crippen MR) is 122 cm³/mol. The smallest absolute Gasteiger partial charge is 0.279 e. The van der Waals surface area contributed by atoms with Gasteiger partial charge in [0, 0.05) is 27.4 Å². The number of nitrogens with one attached hydrogen (secondary N) is 1. The van der Waals surface area contributed by atoms with Crippen molar-refractivity contribution in [3.05, 3.63) is 92.9 Å². The summed E-state index contributed by atoms with van der Waals surface area (Å²) in [6, 6.07) is 16.4. The van der Waals surface area contributed by atoms with Crippen molar-refractivity contribution in [2.75, 3.05) is 5.32 Å². The van der Waals surface area contributed by atoms with E-state index < -0.39 is 5.91 Å². The molecule has 0 aliphatic rings. The monoisotopic (exact) mass is 470 g/mol. The number of hydrogen-bond donors (Lipinski definition) is 1. The number of carbonyl (C=O) groups excluding carboxylic acids is 1. The average molecular weight is 471 g/mol. The van der Waals surface area contributed by atoms with Gasteiger partial charge in [0.15, 0.2) is 11.5 Å². The van der Waals surface area contributed by atoms with Crippen LogP contribution in [0.15, 0.2) is 59.1 Å². The van der Waals surface area contributed by atoms with Crippen molar-refractivity contribution >= 4 is 34.9 Å². The molecule has 2 aromatic carbocycles. The average Bonchev–Trinajstić information content (AvgIpc) is 3.31. The van der Waals surface area contributed by atoms with Gasteiger partial charge in [-0.3, -0.25) is 9.48 Å². The van der Waals surface area contributed by atoms with E-state index >= 15 is 0 Å². The first-order valence-corrected chi connectivity index (χ1v) is 10.6. The first-order chi connectivity index (χ1) is 15.4. The second-order valence-electron chi connectivity index (χ2n) is 7.15. The fraction of sp³-hybridized carbons (Fsp3) is 0.174. The molecule has 32 heavy (non-hydrogen) atoms. The summed E-state index contributed by atoms with van der Waals surface area (Å²) in [4.78, 5) is 12.9. The minimum Gasteiger partial charge on any atom is -0.489 e.